The average Bonchev–Trinajstić information content (AvgIpc) is 3.51. The van der Waals surface area contributed by atoms with Crippen LogP contribution in [0.4, 0.5) is 15.3 Å². The number of hydrogen-bond acceptors (Lipinski definition) is 8. The van der Waals surface area contributed by atoms with Crippen LogP contribution in [0.2, 0.25) is 5.02 Å². The molecule has 4 heterocycles. The molecule has 2 N–H and O–H groups in total. The van der Waals surface area contributed by atoms with Crippen LogP contribution in [0, 0.1) is 11.8 Å². The molecule has 0 saturated carbocycles. The molecule has 12 nitrogen and oxygen atoms in total. The summed E-state index contributed by atoms with van der Waals surface area (Å²) >= 11 is 6.18. The molecule has 0 aliphatic carbocycles. The molecule has 4 aliphatic rings. The van der Waals surface area contributed by atoms with E-state index in [1.165, 1.54) is 13.2 Å². The van der Waals surface area contributed by atoms with E-state index in [0.29, 0.717) is 69.5 Å². The smallest absolute Gasteiger partial charge is 0.410 e. The van der Waals surface area contributed by atoms with Gasteiger partial charge in [0.05, 0.1) is 18.7 Å². The van der Waals surface area contributed by atoms with Crippen molar-refractivity contribution in [3.05, 3.63) is 58.6 Å². The van der Waals surface area contributed by atoms with E-state index in [1.54, 1.807) is 21.9 Å². The Balaban J connectivity index is 1.05. The molecule has 49 heavy (non-hydrogen) atoms. The van der Waals surface area contributed by atoms with E-state index < -0.39 is 12.2 Å². The second-order valence-electron chi connectivity index (χ2n) is 13.6. The van der Waals surface area contributed by atoms with Crippen molar-refractivity contribution in [2.24, 2.45) is 11.8 Å². The summed E-state index contributed by atoms with van der Waals surface area (Å²) in [6.07, 6.45) is 3.19. The molecule has 2 atom stereocenters. The lowest BCUT2D eigenvalue weighted by atomic mass is 9.83. The molecule has 6 rings (SSSR count). The Morgan fingerprint density at radius 2 is 1.65 bits per heavy atom. The predicted octanol–water partition coefficient (Wildman–Crippen LogP) is 4.38. The van der Waals surface area contributed by atoms with Crippen molar-refractivity contribution in [1.82, 2.24) is 19.6 Å². The first kappa shape index (κ1) is 34.8. The van der Waals surface area contributed by atoms with Gasteiger partial charge in [-0.05, 0) is 86.2 Å². The molecule has 2 aromatic carbocycles. The van der Waals surface area contributed by atoms with Gasteiger partial charge in [-0.1, -0.05) is 35.9 Å². The molecule has 13 heteroatoms. The third kappa shape index (κ3) is 8.41. The highest BCUT2D eigenvalue weighted by Crippen LogP contribution is 2.33. The number of ether oxygens (including phenoxy) is 2. The van der Waals surface area contributed by atoms with Crippen LogP contribution in [0.1, 0.15) is 43.2 Å². The van der Waals surface area contributed by atoms with Crippen LogP contribution in [0.15, 0.2) is 42.5 Å². The van der Waals surface area contributed by atoms with Crippen molar-refractivity contribution in [2.45, 2.75) is 57.1 Å². The molecule has 2 aromatic rings. The van der Waals surface area contributed by atoms with E-state index >= 15 is 0 Å². The maximum atomic E-state index is 14.0. The molecule has 0 bridgehead atoms. The van der Waals surface area contributed by atoms with Crippen LogP contribution in [0.5, 0.6) is 5.75 Å². The zero-order chi connectivity index (χ0) is 34.5. The normalized spacial score (nSPS) is 21.5. The van der Waals surface area contributed by atoms with E-state index in [4.69, 9.17) is 21.1 Å². The molecule has 1 unspecified atom stereocenters. The quantitative estimate of drug-likeness (QED) is 0.389. The number of piperidine rings is 2. The highest BCUT2D eigenvalue weighted by molar-refractivity contribution is 6.32. The number of phenolic OH excluding ortho intramolecular Hbond substituents is 1. The first-order valence-electron chi connectivity index (χ1n) is 17.3. The number of esters is 1. The van der Waals surface area contributed by atoms with Crippen LogP contribution in [0.25, 0.3) is 0 Å². The van der Waals surface area contributed by atoms with Crippen molar-refractivity contribution in [3.8, 4) is 5.75 Å². The van der Waals surface area contributed by atoms with Crippen molar-refractivity contribution >= 4 is 41.3 Å². The van der Waals surface area contributed by atoms with Gasteiger partial charge in [-0.3, -0.25) is 14.5 Å². The standard InChI is InChI=1S/C36H46ClN5O7/c1-48-33(44)23-39-14-8-27(22-39)25-9-15-40(16-10-25)34(45)32(21-24-6-7-31(43)29(37)20-24)49-36(47)41-17-12-28(13-18-41)42-19-11-26-4-2-3-5-30(26)38-35(42)46/h2-7,20,25,27-28,32,43H,8-19,21-23H2,1H3,(H,38,46)/t27?,32-/m1/s1. The maximum Gasteiger partial charge on any atom is 0.410 e. The zero-order valence-electron chi connectivity index (χ0n) is 28.0. The molecule has 0 aromatic heterocycles. The van der Waals surface area contributed by atoms with E-state index in [2.05, 4.69) is 10.2 Å². The van der Waals surface area contributed by atoms with E-state index in [9.17, 15) is 24.3 Å². The van der Waals surface area contributed by atoms with E-state index in [1.807, 2.05) is 29.2 Å². The monoisotopic (exact) mass is 695 g/mol. The van der Waals surface area contributed by atoms with Gasteiger partial charge in [-0.2, -0.15) is 0 Å². The third-order valence-electron chi connectivity index (χ3n) is 10.7. The number of anilines is 1. The number of fused-ring (bicyclic) bond motifs is 1. The Kier molecular flexibility index (Phi) is 11.1. The Bertz CT molecular complexity index is 1520. The number of urea groups is 1. The van der Waals surface area contributed by atoms with Crippen molar-refractivity contribution in [1.29, 1.82) is 0 Å². The van der Waals surface area contributed by atoms with E-state index in [-0.39, 0.29) is 41.1 Å². The second-order valence-corrected chi connectivity index (χ2v) is 14.0. The van der Waals surface area contributed by atoms with Crippen molar-refractivity contribution < 1.29 is 33.8 Å². The van der Waals surface area contributed by atoms with Gasteiger partial charge >= 0.3 is 18.1 Å². The molecular weight excluding hydrogens is 650 g/mol. The van der Waals surface area contributed by atoms with Gasteiger partial charge in [0, 0.05) is 57.4 Å². The zero-order valence-corrected chi connectivity index (χ0v) is 28.8. The number of nitrogens with one attached hydrogen (secondary N) is 1. The van der Waals surface area contributed by atoms with E-state index in [0.717, 1.165) is 50.0 Å². The Hall–Kier alpha value is -4.03. The number of phenols is 1. The van der Waals surface area contributed by atoms with Gasteiger partial charge in [0.25, 0.3) is 5.91 Å². The molecule has 0 spiro atoms. The van der Waals surface area contributed by atoms with Gasteiger partial charge in [0.1, 0.15) is 5.75 Å². The molecule has 3 saturated heterocycles. The van der Waals surface area contributed by atoms with Gasteiger partial charge in [-0.15, -0.1) is 0 Å². The Morgan fingerprint density at radius 1 is 0.939 bits per heavy atom. The number of hydrogen-bond donors (Lipinski definition) is 2. The van der Waals surface area contributed by atoms with Crippen LogP contribution in [-0.2, 0) is 31.9 Å². The van der Waals surface area contributed by atoms with Crippen LogP contribution in [-0.4, -0.2) is 120 Å². The second kappa shape index (κ2) is 15.7. The van der Waals surface area contributed by atoms with Gasteiger partial charge in [0.15, 0.2) is 6.10 Å². The Labute approximate surface area is 292 Å². The number of halogens is 1. The number of aromatic hydroxyl groups is 1. The minimum atomic E-state index is -1.06. The van der Waals surface area contributed by atoms with Gasteiger partial charge < -0.3 is 34.6 Å². The van der Waals surface area contributed by atoms with Crippen molar-refractivity contribution in [2.75, 3.05) is 64.8 Å². The number of likely N-dealkylation sites (tertiary alicyclic amines) is 3. The fourth-order valence-electron chi connectivity index (χ4n) is 7.80. The molecule has 264 valence electrons. The van der Waals surface area contributed by atoms with Crippen LogP contribution in [0.3, 0.4) is 0 Å². The summed E-state index contributed by atoms with van der Waals surface area (Å²) in [5.41, 5.74) is 2.62. The minimum Gasteiger partial charge on any atom is -0.506 e. The summed E-state index contributed by atoms with van der Waals surface area (Å²) in [6.45, 7) is 4.57. The molecule has 4 amide bonds. The number of nitrogens with zero attached hydrogens (tertiary/aromatic N) is 4. The lowest BCUT2D eigenvalue weighted by Crippen LogP contribution is -2.51. The summed E-state index contributed by atoms with van der Waals surface area (Å²) in [7, 11) is 1.41. The summed E-state index contributed by atoms with van der Waals surface area (Å²) in [5.74, 6) is 0.385. The molecule has 0 radical (unpaired) electrons. The first-order valence-corrected chi connectivity index (χ1v) is 17.7. The lowest BCUT2D eigenvalue weighted by molar-refractivity contribution is -0.143. The summed E-state index contributed by atoms with van der Waals surface area (Å²) in [5, 5.41) is 13.1. The SMILES string of the molecule is COC(=O)CN1CCC(C2CCN(C(=O)[C@@H](Cc3ccc(O)c(Cl)c3)OC(=O)N3CCC(N4CCc5ccccc5NC4=O)CC3)CC2)C1. The number of methoxy groups -OCH3 is 1. The Morgan fingerprint density at radius 3 is 2.39 bits per heavy atom. The summed E-state index contributed by atoms with van der Waals surface area (Å²) in [6, 6.07) is 12.4. The van der Waals surface area contributed by atoms with Gasteiger partial charge in [-0.25, -0.2) is 9.59 Å². The predicted molar refractivity (Wildman–Crippen MR) is 183 cm³/mol. The number of rotatable bonds is 8. The minimum absolute atomic E-state index is 0.0105. The summed E-state index contributed by atoms with van der Waals surface area (Å²) < 4.78 is 10.8. The fraction of sp³-hybridized carbons (Fsp3) is 0.556. The van der Waals surface area contributed by atoms with Crippen LogP contribution >= 0.6 is 11.6 Å². The van der Waals surface area contributed by atoms with Crippen molar-refractivity contribution in [3.63, 3.8) is 0 Å². The molecule has 3 fully saturated rings. The van der Waals surface area contributed by atoms with Gasteiger partial charge in [0.2, 0.25) is 0 Å². The number of carbonyl (C=O) groups excluding carboxylic acids is 4. The number of benzene rings is 2. The lowest BCUT2D eigenvalue weighted by Gasteiger charge is -2.38. The topological polar surface area (TPSA) is 132 Å². The highest BCUT2D eigenvalue weighted by atomic mass is 35.5. The number of para-hydroxylation sites is 1. The third-order valence-corrected chi connectivity index (χ3v) is 11.0. The average molecular weight is 696 g/mol. The maximum absolute atomic E-state index is 14.0. The molecular formula is C36H46ClN5O7. The molecule has 4 aliphatic heterocycles. The largest absolute Gasteiger partial charge is 0.506 e. The number of carbonyl (C=O) groups is 4. The first-order chi connectivity index (χ1) is 23.7. The van der Waals surface area contributed by atoms with Crippen LogP contribution < -0.4 is 5.32 Å². The number of amides is 4. The summed E-state index contributed by atoms with van der Waals surface area (Å²) in [4.78, 5) is 59.7. The highest BCUT2D eigenvalue weighted by Gasteiger charge is 2.38. The fourth-order valence-corrected chi connectivity index (χ4v) is 8.00.